The van der Waals surface area contributed by atoms with E-state index in [-0.39, 0.29) is 5.69 Å². The molecule has 5 nitrogen and oxygen atoms in total. The normalized spacial score (nSPS) is 10.5. The molecule has 2 rings (SSSR count). The van der Waals surface area contributed by atoms with E-state index in [2.05, 4.69) is 25.9 Å². The molecular formula is C7H4BrN3O2. The summed E-state index contributed by atoms with van der Waals surface area (Å²) in [6.45, 7) is 0. The van der Waals surface area contributed by atoms with Gasteiger partial charge in [0.25, 0.3) is 5.69 Å². The van der Waals surface area contributed by atoms with Crippen molar-refractivity contribution < 1.29 is 4.92 Å². The highest BCUT2D eigenvalue weighted by atomic mass is 79.9. The largest absolute Gasteiger partial charge is 0.346 e. The monoisotopic (exact) mass is 241 g/mol. The number of halogens is 1. The molecule has 66 valence electrons. The summed E-state index contributed by atoms with van der Waals surface area (Å²) in [5.41, 5.74) is 0.571. The van der Waals surface area contributed by atoms with Gasteiger partial charge >= 0.3 is 0 Å². The number of pyridine rings is 1. The Kier molecular flexibility index (Phi) is 1.77. The maximum atomic E-state index is 10.7. The molecule has 0 radical (unpaired) electrons. The lowest BCUT2D eigenvalue weighted by Crippen LogP contribution is -1.91. The third kappa shape index (κ3) is 1.19. The third-order valence-corrected chi connectivity index (χ3v) is 2.28. The van der Waals surface area contributed by atoms with Gasteiger partial charge in [0, 0.05) is 6.20 Å². The molecule has 0 saturated carbocycles. The maximum absolute atomic E-state index is 10.7. The van der Waals surface area contributed by atoms with Crippen molar-refractivity contribution in [1.29, 1.82) is 0 Å². The number of hydrogen-bond donors (Lipinski definition) is 1. The molecule has 1 N–H and O–H groups in total. The van der Waals surface area contributed by atoms with Crippen LogP contribution in [0.15, 0.2) is 22.9 Å². The van der Waals surface area contributed by atoms with Crippen LogP contribution in [0, 0.1) is 10.1 Å². The van der Waals surface area contributed by atoms with Gasteiger partial charge in [0.15, 0.2) is 0 Å². The zero-order chi connectivity index (χ0) is 9.42. The van der Waals surface area contributed by atoms with E-state index in [4.69, 9.17) is 0 Å². The van der Waals surface area contributed by atoms with E-state index in [0.29, 0.717) is 15.5 Å². The van der Waals surface area contributed by atoms with Crippen molar-refractivity contribution >= 4 is 32.7 Å². The highest BCUT2D eigenvalue weighted by Crippen LogP contribution is 2.30. The second-order valence-electron chi connectivity index (χ2n) is 2.45. The average molecular weight is 242 g/mol. The Labute approximate surface area is 81.1 Å². The standard InChI is InChI=1S/C7H4BrN3O2/c8-5-3-10-7-4(1-2-9-7)6(5)11(12)13/h1-3H,(H,9,10). The SMILES string of the molecule is O=[N+]([O-])c1c(Br)cnc2[nH]ccc12. The van der Waals surface area contributed by atoms with Crippen LogP contribution in [0.3, 0.4) is 0 Å². The number of nitro groups is 1. The molecule has 0 bridgehead atoms. The second kappa shape index (κ2) is 2.81. The van der Waals surface area contributed by atoms with Gasteiger partial charge in [0.05, 0.1) is 16.5 Å². The van der Waals surface area contributed by atoms with Crippen LogP contribution >= 0.6 is 15.9 Å². The van der Waals surface area contributed by atoms with Gasteiger partial charge in [-0.2, -0.15) is 0 Å². The van der Waals surface area contributed by atoms with Gasteiger partial charge < -0.3 is 4.98 Å². The first kappa shape index (κ1) is 8.18. The minimum atomic E-state index is -0.429. The Morgan fingerprint density at radius 2 is 2.38 bits per heavy atom. The molecule has 0 fully saturated rings. The minimum Gasteiger partial charge on any atom is -0.346 e. The lowest BCUT2D eigenvalue weighted by Gasteiger charge is -1.95. The van der Waals surface area contributed by atoms with Crippen molar-refractivity contribution in [1.82, 2.24) is 9.97 Å². The summed E-state index contributed by atoms with van der Waals surface area (Å²) < 4.78 is 0.393. The predicted octanol–water partition coefficient (Wildman–Crippen LogP) is 2.23. The summed E-state index contributed by atoms with van der Waals surface area (Å²) in [6, 6.07) is 1.63. The maximum Gasteiger partial charge on any atom is 0.296 e. The van der Waals surface area contributed by atoms with Crippen LogP contribution in [0.25, 0.3) is 11.0 Å². The first-order chi connectivity index (χ1) is 6.20. The Balaban J connectivity index is 2.88. The molecule has 0 aliphatic carbocycles. The van der Waals surface area contributed by atoms with E-state index in [1.165, 1.54) is 6.20 Å². The molecular weight excluding hydrogens is 238 g/mol. The minimum absolute atomic E-state index is 0.0475. The third-order valence-electron chi connectivity index (χ3n) is 1.70. The van der Waals surface area contributed by atoms with Crippen molar-refractivity contribution in [2.75, 3.05) is 0 Å². The fraction of sp³-hybridized carbons (Fsp3) is 0. The highest BCUT2D eigenvalue weighted by Gasteiger charge is 2.17. The number of nitrogens with zero attached hydrogens (tertiary/aromatic N) is 2. The van der Waals surface area contributed by atoms with Crippen LogP contribution in [0.1, 0.15) is 0 Å². The summed E-state index contributed by atoms with van der Waals surface area (Å²) >= 11 is 3.08. The molecule has 0 amide bonds. The molecule has 13 heavy (non-hydrogen) atoms. The number of hydrogen-bond acceptors (Lipinski definition) is 3. The van der Waals surface area contributed by atoms with E-state index in [9.17, 15) is 10.1 Å². The molecule has 2 aromatic heterocycles. The molecule has 0 saturated heterocycles. The molecule has 2 heterocycles. The van der Waals surface area contributed by atoms with Crippen LogP contribution < -0.4 is 0 Å². The van der Waals surface area contributed by atoms with Crippen LogP contribution in [0.4, 0.5) is 5.69 Å². The molecule has 0 spiro atoms. The summed E-state index contributed by atoms with van der Waals surface area (Å²) in [4.78, 5) is 17.0. The topological polar surface area (TPSA) is 71.8 Å². The number of fused-ring (bicyclic) bond motifs is 1. The van der Waals surface area contributed by atoms with Gasteiger partial charge in [0.2, 0.25) is 0 Å². The fourth-order valence-corrected chi connectivity index (χ4v) is 1.62. The first-order valence-corrected chi connectivity index (χ1v) is 4.25. The van der Waals surface area contributed by atoms with Crippen molar-refractivity contribution in [3.63, 3.8) is 0 Å². The summed E-state index contributed by atoms with van der Waals surface area (Å²) in [6.07, 6.45) is 3.04. The van der Waals surface area contributed by atoms with Gasteiger partial charge in [0.1, 0.15) is 10.1 Å². The lowest BCUT2D eigenvalue weighted by atomic mass is 10.3. The van der Waals surface area contributed by atoms with Crippen molar-refractivity contribution in [3.05, 3.63) is 33.0 Å². The summed E-state index contributed by atoms with van der Waals surface area (Å²) in [5, 5.41) is 11.2. The lowest BCUT2D eigenvalue weighted by molar-refractivity contribution is -0.383. The van der Waals surface area contributed by atoms with Crippen LogP contribution in [-0.4, -0.2) is 14.9 Å². The molecule has 0 atom stereocenters. The number of rotatable bonds is 1. The Bertz CT molecular complexity index is 480. The zero-order valence-electron chi connectivity index (χ0n) is 6.32. The van der Waals surface area contributed by atoms with Crippen LogP contribution in [0.2, 0.25) is 0 Å². The molecule has 6 heteroatoms. The zero-order valence-corrected chi connectivity index (χ0v) is 7.91. The van der Waals surface area contributed by atoms with E-state index < -0.39 is 4.92 Å². The Morgan fingerprint density at radius 3 is 3.08 bits per heavy atom. The average Bonchev–Trinajstić information content (AvgIpc) is 2.50. The van der Waals surface area contributed by atoms with Crippen molar-refractivity contribution in [2.24, 2.45) is 0 Å². The molecule has 2 aromatic rings. The van der Waals surface area contributed by atoms with Crippen LogP contribution in [0.5, 0.6) is 0 Å². The number of aromatic amines is 1. The van der Waals surface area contributed by atoms with E-state index >= 15 is 0 Å². The Morgan fingerprint density at radius 1 is 1.62 bits per heavy atom. The first-order valence-electron chi connectivity index (χ1n) is 3.46. The van der Waals surface area contributed by atoms with E-state index in [0.717, 1.165) is 0 Å². The number of H-pyrrole nitrogens is 1. The van der Waals surface area contributed by atoms with Crippen LogP contribution in [-0.2, 0) is 0 Å². The summed E-state index contributed by atoms with van der Waals surface area (Å²) in [5.74, 6) is 0. The van der Waals surface area contributed by atoms with Gasteiger partial charge in [-0.15, -0.1) is 0 Å². The number of nitrogens with one attached hydrogen (secondary N) is 1. The van der Waals surface area contributed by atoms with Gasteiger partial charge in [-0.1, -0.05) is 0 Å². The molecule has 0 unspecified atom stereocenters. The summed E-state index contributed by atoms with van der Waals surface area (Å²) in [7, 11) is 0. The van der Waals surface area contributed by atoms with E-state index in [1.807, 2.05) is 0 Å². The van der Waals surface area contributed by atoms with Crippen molar-refractivity contribution in [3.8, 4) is 0 Å². The fourth-order valence-electron chi connectivity index (χ4n) is 1.16. The highest BCUT2D eigenvalue weighted by molar-refractivity contribution is 9.10. The number of aromatic nitrogens is 2. The van der Waals surface area contributed by atoms with Gasteiger partial charge in [-0.05, 0) is 22.0 Å². The molecule has 0 aromatic carbocycles. The second-order valence-corrected chi connectivity index (χ2v) is 3.31. The van der Waals surface area contributed by atoms with Gasteiger partial charge in [-0.25, -0.2) is 4.98 Å². The van der Waals surface area contributed by atoms with E-state index in [1.54, 1.807) is 12.3 Å². The van der Waals surface area contributed by atoms with Gasteiger partial charge in [-0.3, -0.25) is 10.1 Å². The molecule has 0 aliphatic rings. The molecule has 0 aliphatic heterocycles. The smallest absolute Gasteiger partial charge is 0.296 e. The van der Waals surface area contributed by atoms with Crippen molar-refractivity contribution in [2.45, 2.75) is 0 Å². The quantitative estimate of drug-likeness (QED) is 0.615. The predicted molar refractivity (Wildman–Crippen MR) is 50.4 cm³/mol. The Hall–Kier alpha value is -1.43.